The predicted octanol–water partition coefficient (Wildman–Crippen LogP) is 3.43. The summed E-state index contributed by atoms with van der Waals surface area (Å²) in [6, 6.07) is 1.17. The molecule has 0 aliphatic heterocycles. The predicted molar refractivity (Wildman–Crippen MR) is 65.8 cm³/mol. The molecule has 1 nitrogen and oxygen atoms in total. The highest BCUT2D eigenvalue weighted by Gasteiger charge is 1.91. The van der Waals surface area contributed by atoms with Gasteiger partial charge in [-0.15, -0.1) is 0 Å². The summed E-state index contributed by atoms with van der Waals surface area (Å²) in [6.45, 7) is 0.867. The Bertz CT molecular complexity index is 84.3. The van der Waals surface area contributed by atoms with Crippen LogP contribution in [0.2, 0.25) is 6.04 Å². The van der Waals surface area contributed by atoms with Gasteiger partial charge in [-0.05, 0) is 13.0 Å². The van der Waals surface area contributed by atoms with Crippen molar-refractivity contribution in [1.29, 1.82) is 0 Å². The van der Waals surface area contributed by atoms with E-state index < -0.39 is 0 Å². The Labute approximate surface area is 93.3 Å². The average Bonchev–Trinajstić information content (AvgIpc) is 2.21. The molecule has 0 bridgehead atoms. The standard InChI is InChI=1S/C12H26NSi/c13-11-9-7-5-3-1-2-4-6-8-10-12-14/h1-13H2. The van der Waals surface area contributed by atoms with Crippen LogP contribution in [0.4, 0.5) is 0 Å². The lowest BCUT2D eigenvalue weighted by molar-refractivity contribution is 0.558. The first kappa shape index (κ1) is 14.2. The van der Waals surface area contributed by atoms with Gasteiger partial charge in [0.25, 0.3) is 0 Å². The maximum Gasteiger partial charge on any atom is 0.0222 e. The zero-order valence-corrected chi connectivity index (χ0v) is 10.6. The average molecular weight is 212 g/mol. The van der Waals surface area contributed by atoms with E-state index in [0.29, 0.717) is 0 Å². The van der Waals surface area contributed by atoms with Crippen molar-refractivity contribution in [3.63, 3.8) is 0 Å². The van der Waals surface area contributed by atoms with Crippen LogP contribution in [0.5, 0.6) is 0 Å². The molecule has 0 unspecified atom stereocenters. The van der Waals surface area contributed by atoms with Gasteiger partial charge in [0.05, 0.1) is 0 Å². The Morgan fingerprint density at radius 2 is 0.929 bits per heavy atom. The third kappa shape index (κ3) is 12.2. The first-order valence-electron chi connectivity index (χ1n) is 6.26. The van der Waals surface area contributed by atoms with Crippen molar-refractivity contribution in [2.24, 2.45) is 5.73 Å². The summed E-state index contributed by atoms with van der Waals surface area (Å²) in [7, 11) is 3.50. The van der Waals surface area contributed by atoms with E-state index in [0.717, 1.165) is 6.54 Å². The van der Waals surface area contributed by atoms with Crippen LogP contribution in [0.15, 0.2) is 0 Å². The van der Waals surface area contributed by atoms with Crippen LogP contribution in [0.25, 0.3) is 0 Å². The molecule has 83 valence electrons. The second-order valence-electron chi connectivity index (χ2n) is 4.07. The minimum absolute atomic E-state index is 0.867. The second kappa shape index (κ2) is 13.2. The van der Waals surface area contributed by atoms with Crippen LogP contribution < -0.4 is 5.73 Å². The first-order valence-corrected chi connectivity index (χ1v) is 6.97. The van der Waals surface area contributed by atoms with Crippen molar-refractivity contribution < 1.29 is 0 Å². The monoisotopic (exact) mass is 212 g/mol. The van der Waals surface area contributed by atoms with Gasteiger partial charge in [0.2, 0.25) is 0 Å². The van der Waals surface area contributed by atoms with E-state index in [1.165, 1.54) is 70.3 Å². The summed E-state index contributed by atoms with van der Waals surface area (Å²) in [5.41, 5.74) is 5.43. The van der Waals surface area contributed by atoms with Crippen molar-refractivity contribution in [1.82, 2.24) is 0 Å². The van der Waals surface area contributed by atoms with Crippen molar-refractivity contribution >= 4 is 10.2 Å². The number of hydrogen-bond donors (Lipinski definition) is 1. The molecule has 3 radical (unpaired) electrons. The van der Waals surface area contributed by atoms with Crippen LogP contribution in [0, 0.1) is 0 Å². The van der Waals surface area contributed by atoms with E-state index >= 15 is 0 Å². The lowest BCUT2D eigenvalue weighted by Gasteiger charge is -2.01. The molecule has 0 amide bonds. The molecule has 0 saturated heterocycles. The van der Waals surface area contributed by atoms with Gasteiger partial charge in [-0.3, -0.25) is 0 Å². The quantitative estimate of drug-likeness (QED) is 0.412. The van der Waals surface area contributed by atoms with Crippen molar-refractivity contribution in [3.05, 3.63) is 0 Å². The minimum atomic E-state index is 0.867. The first-order chi connectivity index (χ1) is 6.91. The lowest BCUT2D eigenvalue weighted by atomic mass is 10.1. The fraction of sp³-hybridized carbons (Fsp3) is 1.00. The molecular formula is C12H26NSi. The molecule has 0 rings (SSSR count). The molecule has 0 heterocycles. The number of unbranched alkanes of at least 4 members (excludes halogenated alkanes) is 9. The summed E-state index contributed by atoms with van der Waals surface area (Å²) < 4.78 is 0. The van der Waals surface area contributed by atoms with E-state index in [4.69, 9.17) is 5.73 Å². The third-order valence-corrected chi connectivity index (χ3v) is 2.98. The Morgan fingerprint density at radius 3 is 1.29 bits per heavy atom. The second-order valence-corrected chi connectivity index (χ2v) is 4.57. The number of nitrogens with two attached hydrogens (primary N) is 1. The summed E-state index contributed by atoms with van der Waals surface area (Å²) in [5.74, 6) is 0. The van der Waals surface area contributed by atoms with Crippen LogP contribution in [-0.4, -0.2) is 16.8 Å². The highest BCUT2D eigenvalue weighted by atomic mass is 28.1. The zero-order chi connectivity index (χ0) is 10.5. The number of rotatable bonds is 11. The van der Waals surface area contributed by atoms with Gasteiger partial charge in [0, 0.05) is 10.2 Å². The van der Waals surface area contributed by atoms with Crippen molar-refractivity contribution in [2.45, 2.75) is 70.3 Å². The number of hydrogen-bond acceptors (Lipinski definition) is 1. The largest absolute Gasteiger partial charge is 0.330 e. The van der Waals surface area contributed by atoms with Crippen LogP contribution in [-0.2, 0) is 0 Å². The van der Waals surface area contributed by atoms with Crippen molar-refractivity contribution in [2.75, 3.05) is 6.54 Å². The summed E-state index contributed by atoms with van der Waals surface area (Å²) >= 11 is 0. The van der Waals surface area contributed by atoms with Gasteiger partial charge >= 0.3 is 0 Å². The molecule has 0 aromatic heterocycles. The van der Waals surface area contributed by atoms with Crippen molar-refractivity contribution in [3.8, 4) is 0 Å². The van der Waals surface area contributed by atoms with Gasteiger partial charge < -0.3 is 5.73 Å². The van der Waals surface area contributed by atoms with E-state index in [9.17, 15) is 0 Å². The van der Waals surface area contributed by atoms with E-state index in [-0.39, 0.29) is 0 Å². The maximum atomic E-state index is 5.43. The summed E-state index contributed by atoms with van der Waals surface area (Å²) in [5, 5.41) is 0. The molecule has 0 aliphatic carbocycles. The molecule has 0 atom stereocenters. The zero-order valence-electron chi connectivity index (χ0n) is 9.56. The summed E-state index contributed by atoms with van der Waals surface area (Å²) in [4.78, 5) is 0. The smallest absolute Gasteiger partial charge is 0.0222 e. The Morgan fingerprint density at radius 1 is 0.571 bits per heavy atom. The molecule has 0 fully saturated rings. The lowest BCUT2D eigenvalue weighted by Crippen LogP contribution is -1.97. The molecule has 0 aromatic rings. The fourth-order valence-corrected chi connectivity index (χ4v) is 1.93. The Hall–Kier alpha value is 0.177. The van der Waals surface area contributed by atoms with Gasteiger partial charge in [0.1, 0.15) is 0 Å². The molecule has 0 saturated carbocycles. The van der Waals surface area contributed by atoms with E-state index in [1.807, 2.05) is 0 Å². The SMILES string of the molecule is NCCCCCCCCCCCC[Si]. The van der Waals surface area contributed by atoms with Gasteiger partial charge in [-0.25, -0.2) is 0 Å². The molecular weight excluding hydrogens is 186 g/mol. The topological polar surface area (TPSA) is 26.0 Å². The Kier molecular flexibility index (Phi) is 13.3. The normalized spacial score (nSPS) is 10.7. The minimum Gasteiger partial charge on any atom is -0.330 e. The van der Waals surface area contributed by atoms with Crippen LogP contribution >= 0.6 is 0 Å². The molecule has 14 heavy (non-hydrogen) atoms. The molecule has 2 N–H and O–H groups in total. The molecule has 0 aliphatic rings. The fourth-order valence-electron chi connectivity index (χ4n) is 1.68. The summed E-state index contributed by atoms with van der Waals surface area (Å²) in [6.07, 6.45) is 13.8. The molecule has 2 heteroatoms. The highest BCUT2D eigenvalue weighted by Crippen LogP contribution is 2.10. The van der Waals surface area contributed by atoms with Gasteiger partial charge in [-0.1, -0.05) is 63.8 Å². The van der Waals surface area contributed by atoms with Crippen LogP contribution in [0.3, 0.4) is 0 Å². The molecule has 0 aromatic carbocycles. The van der Waals surface area contributed by atoms with Crippen LogP contribution in [0.1, 0.15) is 64.2 Å². The van der Waals surface area contributed by atoms with Gasteiger partial charge in [-0.2, -0.15) is 0 Å². The molecule has 0 spiro atoms. The third-order valence-electron chi connectivity index (χ3n) is 2.63. The van der Waals surface area contributed by atoms with E-state index in [2.05, 4.69) is 10.2 Å². The maximum absolute atomic E-state index is 5.43. The highest BCUT2D eigenvalue weighted by molar-refractivity contribution is 6.08. The van der Waals surface area contributed by atoms with E-state index in [1.54, 1.807) is 0 Å². The Balaban J connectivity index is 2.78. The van der Waals surface area contributed by atoms with Gasteiger partial charge in [0.15, 0.2) is 0 Å².